The van der Waals surface area contributed by atoms with Crippen LogP contribution < -0.4 is 16.2 Å². The molecule has 0 unspecified atom stereocenters. The van der Waals surface area contributed by atoms with Crippen molar-refractivity contribution in [2.24, 2.45) is 0 Å². The molecule has 2 heterocycles. The van der Waals surface area contributed by atoms with Crippen molar-refractivity contribution in [3.05, 3.63) is 45.5 Å². The van der Waals surface area contributed by atoms with Crippen molar-refractivity contribution in [3.8, 4) is 11.1 Å². The van der Waals surface area contributed by atoms with Gasteiger partial charge in [-0.1, -0.05) is 6.07 Å². The normalized spacial score (nSPS) is 14.9. The van der Waals surface area contributed by atoms with Crippen molar-refractivity contribution in [3.63, 3.8) is 0 Å². The molecule has 9 nitrogen and oxygen atoms in total. The molecule has 1 aromatic carbocycles. The van der Waals surface area contributed by atoms with Crippen molar-refractivity contribution in [2.45, 2.75) is 0 Å². The van der Waals surface area contributed by atoms with Gasteiger partial charge in [-0.05, 0) is 24.7 Å². The molecule has 0 spiro atoms. The lowest BCUT2D eigenvalue weighted by molar-refractivity contribution is 0.0695. The minimum Gasteiger partial charge on any atom is -0.478 e. The first-order valence-corrected chi connectivity index (χ1v) is 8.46. The average Bonchev–Trinajstić information content (AvgIpc) is 2.61. The number of nitrogen functional groups attached to an aromatic ring is 1. The van der Waals surface area contributed by atoms with E-state index in [9.17, 15) is 29.0 Å². The number of aromatic amines is 1. The van der Waals surface area contributed by atoms with Crippen molar-refractivity contribution < 1.29 is 24.2 Å². The van der Waals surface area contributed by atoms with Crippen LogP contribution in [0.5, 0.6) is 0 Å². The first-order chi connectivity index (χ1) is 13.2. The Labute approximate surface area is 158 Å². The summed E-state index contributed by atoms with van der Waals surface area (Å²) in [6, 6.07) is 3.72. The summed E-state index contributed by atoms with van der Waals surface area (Å²) in [5.41, 5.74) is 3.24. The fourth-order valence-electron chi connectivity index (χ4n) is 3.29. The molecule has 0 aliphatic carbocycles. The van der Waals surface area contributed by atoms with E-state index in [1.807, 2.05) is 12.0 Å². The van der Waals surface area contributed by atoms with E-state index in [0.29, 0.717) is 26.2 Å². The summed E-state index contributed by atoms with van der Waals surface area (Å²) in [4.78, 5) is 41.4. The van der Waals surface area contributed by atoms with E-state index in [1.165, 1.54) is 12.1 Å². The number of carbonyl (C=O) groups is 2. The van der Waals surface area contributed by atoms with E-state index < -0.39 is 40.3 Å². The summed E-state index contributed by atoms with van der Waals surface area (Å²) in [6.45, 7) is 2.52. The van der Waals surface area contributed by atoms with Crippen molar-refractivity contribution in [2.75, 3.05) is 43.9 Å². The standard InChI is InChI=1S/C18H19FN4O5/c1-22-4-6-23(7-5-22)11-8-9(2-3-10(11)19)12-13(17(25)26)15(20)21-16(24)14(12)18(27)28/h2-3,8H,4-7H2,1H3,(H,25,26)(H,27,28)(H3,20,21,24). The zero-order valence-corrected chi connectivity index (χ0v) is 15.0. The molecule has 0 amide bonds. The van der Waals surface area contributed by atoms with Gasteiger partial charge in [0, 0.05) is 31.7 Å². The minimum absolute atomic E-state index is 0.0860. The fourth-order valence-corrected chi connectivity index (χ4v) is 3.29. The zero-order chi connectivity index (χ0) is 20.6. The van der Waals surface area contributed by atoms with Crippen LogP contribution in [0.4, 0.5) is 15.9 Å². The van der Waals surface area contributed by atoms with Crippen molar-refractivity contribution in [1.29, 1.82) is 0 Å². The van der Waals surface area contributed by atoms with Gasteiger partial charge in [-0.25, -0.2) is 14.0 Å². The van der Waals surface area contributed by atoms with Crippen LogP contribution in [0.3, 0.4) is 0 Å². The summed E-state index contributed by atoms with van der Waals surface area (Å²) >= 11 is 0. The highest BCUT2D eigenvalue weighted by Gasteiger charge is 2.27. The minimum atomic E-state index is -1.61. The second-order valence-corrected chi connectivity index (χ2v) is 6.56. The molecule has 1 aliphatic heterocycles. The van der Waals surface area contributed by atoms with E-state index in [4.69, 9.17) is 5.73 Å². The number of aromatic carboxylic acids is 2. The summed E-state index contributed by atoms with van der Waals surface area (Å²) in [5.74, 6) is -4.11. The number of pyridine rings is 1. The third-order valence-corrected chi connectivity index (χ3v) is 4.75. The van der Waals surface area contributed by atoms with Crippen LogP contribution in [0.15, 0.2) is 23.0 Å². The Morgan fingerprint density at radius 3 is 2.29 bits per heavy atom. The maximum Gasteiger partial charge on any atom is 0.342 e. The van der Waals surface area contributed by atoms with Crippen LogP contribution in [0.25, 0.3) is 11.1 Å². The van der Waals surface area contributed by atoms with Gasteiger partial charge in [0.15, 0.2) is 0 Å². The number of halogens is 1. The maximum absolute atomic E-state index is 14.5. The Morgan fingerprint density at radius 1 is 1.11 bits per heavy atom. The van der Waals surface area contributed by atoms with Crippen molar-refractivity contribution in [1.82, 2.24) is 9.88 Å². The number of carboxylic acid groups (broad SMARTS) is 2. The Morgan fingerprint density at radius 2 is 1.71 bits per heavy atom. The number of nitrogens with two attached hydrogens (primary N) is 1. The number of carboxylic acids is 2. The van der Waals surface area contributed by atoms with E-state index >= 15 is 0 Å². The van der Waals surface area contributed by atoms with Gasteiger partial charge in [-0.3, -0.25) is 4.79 Å². The molecule has 1 aromatic heterocycles. The van der Waals surface area contributed by atoms with Gasteiger partial charge < -0.3 is 30.7 Å². The van der Waals surface area contributed by atoms with E-state index in [0.717, 1.165) is 6.07 Å². The molecule has 148 valence electrons. The number of hydrogen-bond donors (Lipinski definition) is 4. The molecule has 28 heavy (non-hydrogen) atoms. The summed E-state index contributed by atoms with van der Waals surface area (Å²) in [5, 5.41) is 19.0. The molecule has 3 rings (SSSR count). The number of rotatable bonds is 4. The first-order valence-electron chi connectivity index (χ1n) is 8.46. The van der Waals surface area contributed by atoms with Gasteiger partial charge in [0.2, 0.25) is 0 Å². The fraction of sp³-hybridized carbons (Fsp3) is 0.278. The van der Waals surface area contributed by atoms with Crippen LogP contribution in [0, 0.1) is 5.82 Å². The molecular formula is C18H19FN4O5. The number of anilines is 2. The molecule has 0 bridgehead atoms. The van der Waals surface area contributed by atoms with Gasteiger partial charge in [0.05, 0.1) is 5.69 Å². The second-order valence-electron chi connectivity index (χ2n) is 6.56. The Balaban J connectivity index is 2.24. The van der Waals surface area contributed by atoms with Crippen LogP contribution in [-0.2, 0) is 0 Å². The third kappa shape index (κ3) is 3.41. The number of nitrogens with zero attached hydrogens (tertiary/aromatic N) is 2. The van der Waals surface area contributed by atoms with E-state index in [1.54, 1.807) is 4.90 Å². The molecule has 2 aromatic rings. The smallest absolute Gasteiger partial charge is 0.342 e. The highest BCUT2D eigenvalue weighted by molar-refractivity contribution is 6.07. The van der Waals surface area contributed by atoms with Gasteiger partial charge in [0.1, 0.15) is 22.8 Å². The Hall–Kier alpha value is -3.40. The lowest BCUT2D eigenvalue weighted by Gasteiger charge is -2.34. The number of aromatic nitrogens is 1. The number of H-pyrrole nitrogens is 1. The van der Waals surface area contributed by atoms with E-state index in [2.05, 4.69) is 4.90 Å². The summed E-state index contributed by atoms with van der Waals surface area (Å²) in [6.07, 6.45) is 0. The predicted molar refractivity (Wildman–Crippen MR) is 100 cm³/mol. The van der Waals surface area contributed by atoms with Gasteiger partial charge in [-0.15, -0.1) is 0 Å². The lowest BCUT2D eigenvalue weighted by Crippen LogP contribution is -2.44. The van der Waals surface area contributed by atoms with E-state index in [-0.39, 0.29) is 16.8 Å². The summed E-state index contributed by atoms with van der Waals surface area (Å²) in [7, 11) is 1.95. The SMILES string of the molecule is CN1CCN(c2cc(-c3c(C(=O)O)c(N)[nH]c(=O)c3C(=O)O)ccc2F)CC1. The molecule has 1 aliphatic rings. The van der Waals surface area contributed by atoms with Crippen LogP contribution in [0.2, 0.25) is 0 Å². The molecule has 1 fully saturated rings. The molecular weight excluding hydrogens is 371 g/mol. The molecule has 0 radical (unpaired) electrons. The van der Waals surface area contributed by atoms with Crippen LogP contribution in [0.1, 0.15) is 20.7 Å². The number of benzene rings is 1. The number of hydrogen-bond acceptors (Lipinski definition) is 6. The monoisotopic (exact) mass is 390 g/mol. The lowest BCUT2D eigenvalue weighted by atomic mass is 9.94. The van der Waals surface area contributed by atoms with Gasteiger partial charge in [-0.2, -0.15) is 0 Å². The maximum atomic E-state index is 14.5. The highest BCUT2D eigenvalue weighted by atomic mass is 19.1. The number of nitrogens with one attached hydrogen (secondary N) is 1. The topological polar surface area (TPSA) is 140 Å². The van der Waals surface area contributed by atoms with Crippen LogP contribution >= 0.6 is 0 Å². The molecule has 0 atom stereocenters. The number of likely N-dealkylation sites (N-methyl/N-ethyl adjacent to an activating group) is 1. The second kappa shape index (κ2) is 7.31. The zero-order valence-electron chi connectivity index (χ0n) is 15.0. The predicted octanol–water partition coefficient (Wildman–Crippen LogP) is 0.911. The van der Waals surface area contributed by atoms with Gasteiger partial charge in [0.25, 0.3) is 5.56 Å². The molecule has 5 N–H and O–H groups in total. The molecule has 1 saturated heterocycles. The Bertz CT molecular complexity index is 1010. The van der Waals surface area contributed by atoms with Gasteiger partial charge >= 0.3 is 11.9 Å². The Kier molecular flexibility index (Phi) is 5.06. The summed E-state index contributed by atoms with van der Waals surface area (Å²) < 4.78 is 14.5. The quantitative estimate of drug-likeness (QED) is 0.604. The average molecular weight is 390 g/mol. The molecule has 0 saturated carbocycles. The largest absolute Gasteiger partial charge is 0.478 e. The third-order valence-electron chi connectivity index (χ3n) is 4.75. The van der Waals surface area contributed by atoms with Crippen LogP contribution in [-0.4, -0.2) is 65.3 Å². The van der Waals surface area contributed by atoms with Crippen molar-refractivity contribution >= 4 is 23.4 Å². The highest BCUT2D eigenvalue weighted by Crippen LogP contribution is 2.33. The first kappa shape index (κ1) is 19.4. The molecule has 10 heteroatoms. The number of piperazine rings is 1.